The summed E-state index contributed by atoms with van der Waals surface area (Å²) in [5.41, 5.74) is 4.51. The van der Waals surface area contributed by atoms with Gasteiger partial charge in [-0.05, 0) is 105 Å². The highest BCUT2D eigenvalue weighted by Gasteiger charge is 2.35. The summed E-state index contributed by atoms with van der Waals surface area (Å²) in [4.78, 5) is 33.6. The van der Waals surface area contributed by atoms with Gasteiger partial charge in [-0.1, -0.05) is 35.6 Å². The third-order valence-corrected chi connectivity index (χ3v) is 10.2. The van der Waals surface area contributed by atoms with Crippen LogP contribution in [0, 0.1) is 24.7 Å². The van der Waals surface area contributed by atoms with E-state index in [9.17, 15) is 9.59 Å². The van der Waals surface area contributed by atoms with Gasteiger partial charge in [0.25, 0.3) is 5.19 Å². The van der Waals surface area contributed by atoms with Crippen LogP contribution in [0.4, 0.5) is 5.69 Å². The Morgan fingerprint density at radius 3 is 2.29 bits per heavy atom. The van der Waals surface area contributed by atoms with Crippen molar-refractivity contribution in [3.8, 4) is 21.4 Å². The molecule has 5 rings (SSSR count). The molecule has 0 radical (unpaired) electrons. The summed E-state index contributed by atoms with van der Waals surface area (Å²) in [5.74, 6) is 1.72. The zero-order chi connectivity index (χ0) is 29.6. The fourth-order valence-electron chi connectivity index (χ4n) is 6.69. The monoisotopic (exact) mass is 590 g/mol. The van der Waals surface area contributed by atoms with Crippen molar-refractivity contribution in [1.82, 2.24) is 4.98 Å². The van der Waals surface area contributed by atoms with Gasteiger partial charge in [-0.3, -0.25) is 9.59 Å². The summed E-state index contributed by atoms with van der Waals surface area (Å²) in [5, 5.41) is 0.620. The van der Waals surface area contributed by atoms with E-state index < -0.39 is 0 Å². The standard InChI is InChI=1S/C34H42N2O5S/c1-22-18-27(16-17-30(22)39-2)24-10-8-23(9-11-24)21-36(32(37)25-12-14-26(15-13-25)33(38)40-3)29-7-5-6-28(19-29)31-20-35-34(41-4)42-31/h5-7,16-20,23-26H,8-15,21H2,1-4H3/t23-,24-,25-,26-. The number of methoxy groups -OCH3 is 3. The second-order valence-electron chi connectivity index (χ2n) is 11.7. The van der Waals surface area contributed by atoms with Crippen LogP contribution in [0.2, 0.25) is 0 Å². The number of ether oxygens (including phenoxy) is 3. The maximum Gasteiger partial charge on any atom is 0.308 e. The highest BCUT2D eigenvalue weighted by molar-refractivity contribution is 7.16. The third kappa shape index (κ3) is 6.80. The van der Waals surface area contributed by atoms with E-state index in [1.807, 2.05) is 23.2 Å². The molecule has 8 heteroatoms. The first-order valence-electron chi connectivity index (χ1n) is 15.0. The number of carbonyl (C=O) groups is 2. The molecule has 0 spiro atoms. The summed E-state index contributed by atoms with van der Waals surface area (Å²) < 4.78 is 15.7. The van der Waals surface area contributed by atoms with Gasteiger partial charge in [0, 0.05) is 24.3 Å². The van der Waals surface area contributed by atoms with E-state index in [-0.39, 0.29) is 23.7 Å². The molecule has 0 unspecified atom stereocenters. The number of aromatic nitrogens is 1. The lowest BCUT2D eigenvalue weighted by Crippen LogP contribution is -2.42. The minimum Gasteiger partial charge on any atom is -0.496 e. The molecular weight excluding hydrogens is 548 g/mol. The first-order valence-corrected chi connectivity index (χ1v) is 15.9. The van der Waals surface area contributed by atoms with Crippen molar-refractivity contribution in [3.05, 3.63) is 59.8 Å². The Labute approximate surface area is 253 Å². The van der Waals surface area contributed by atoms with Crippen molar-refractivity contribution < 1.29 is 23.8 Å². The van der Waals surface area contributed by atoms with Gasteiger partial charge in [-0.2, -0.15) is 0 Å². The quantitative estimate of drug-likeness (QED) is 0.241. The van der Waals surface area contributed by atoms with Crippen LogP contribution in [0.3, 0.4) is 0 Å². The van der Waals surface area contributed by atoms with Gasteiger partial charge >= 0.3 is 5.97 Å². The van der Waals surface area contributed by atoms with Crippen LogP contribution in [0.15, 0.2) is 48.7 Å². The van der Waals surface area contributed by atoms with E-state index in [1.165, 1.54) is 29.6 Å². The van der Waals surface area contributed by atoms with Crippen LogP contribution >= 0.6 is 11.3 Å². The van der Waals surface area contributed by atoms with Crippen molar-refractivity contribution in [2.45, 2.75) is 64.2 Å². The van der Waals surface area contributed by atoms with E-state index in [2.05, 4.69) is 42.2 Å². The van der Waals surface area contributed by atoms with E-state index >= 15 is 0 Å². The summed E-state index contributed by atoms with van der Waals surface area (Å²) in [6.07, 6.45) is 9.04. The number of hydrogen-bond acceptors (Lipinski definition) is 7. The molecule has 3 aromatic rings. The molecule has 1 amide bonds. The van der Waals surface area contributed by atoms with Gasteiger partial charge in [0.2, 0.25) is 5.91 Å². The lowest BCUT2D eigenvalue weighted by Gasteiger charge is -2.36. The van der Waals surface area contributed by atoms with Gasteiger partial charge in [-0.25, -0.2) is 4.98 Å². The first kappa shape index (κ1) is 30.1. The molecule has 0 aliphatic heterocycles. The number of nitrogens with zero attached hydrogens (tertiary/aromatic N) is 2. The van der Waals surface area contributed by atoms with E-state index in [1.54, 1.807) is 14.2 Å². The van der Waals surface area contributed by atoms with Gasteiger partial charge in [-0.15, -0.1) is 0 Å². The van der Waals surface area contributed by atoms with Crippen LogP contribution in [0.5, 0.6) is 10.9 Å². The molecule has 0 saturated heterocycles. The Morgan fingerprint density at radius 2 is 1.64 bits per heavy atom. The molecule has 2 aliphatic rings. The fourth-order valence-corrected chi connectivity index (χ4v) is 7.42. The Bertz CT molecular complexity index is 1370. The summed E-state index contributed by atoms with van der Waals surface area (Å²) in [6, 6.07) is 14.8. The molecule has 42 heavy (non-hydrogen) atoms. The second kappa shape index (κ2) is 13.7. The molecule has 2 aliphatic carbocycles. The van der Waals surface area contributed by atoms with Crippen LogP contribution in [-0.4, -0.2) is 44.7 Å². The van der Waals surface area contributed by atoms with Crippen molar-refractivity contribution in [2.24, 2.45) is 17.8 Å². The number of carbonyl (C=O) groups excluding carboxylic acids is 2. The molecule has 2 fully saturated rings. The van der Waals surface area contributed by atoms with Crippen molar-refractivity contribution in [3.63, 3.8) is 0 Å². The zero-order valence-corrected chi connectivity index (χ0v) is 26.0. The summed E-state index contributed by atoms with van der Waals surface area (Å²) in [7, 11) is 4.78. The van der Waals surface area contributed by atoms with Gasteiger partial charge in [0.15, 0.2) is 0 Å². The van der Waals surface area contributed by atoms with Crippen molar-refractivity contribution >= 4 is 28.9 Å². The number of rotatable bonds is 9. The zero-order valence-electron chi connectivity index (χ0n) is 25.1. The molecule has 0 bridgehead atoms. The molecule has 1 aromatic heterocycles. The Morgan fingerprint density at radius 1 is 0.905 bits per heavy atom. The van der Waals surface area contributed by atoms with Gasteiger partial charge in [0.1, 0.15) is 5.75 Å². The fraction of sp³-hybridized carbons (Fsp3) is 0.500. The molecular formula is C34H42N2O5S. The average molecular weight is 591 g/mol. The largest absolute Gasteiger partial charge is 0.496 e. The van der Waals surface area contributed by atoms with Gasteiger partial charge < -0.3 is 19.1 Å². The highest BCUT2D eigenvalue weighted by Crippen LogP contribution is 2.40. The molecule has 7 nitrogen and oxygen atoms in total. The van der Waals surface area contributed by atoms with Crippen molar-refractivity contribution in [2.75, 3.05) is 32.8 Å². The lowest BCUT2D eigenvalue weighted by molar-refractivity contribution is -0.147. The number of amides is 1. The van der Waals surface area contributed by atoms with E-state index in [4.69, 9.17) is 14.2 Å². The maximum absolute atomic E-state index is 14.2. The molecule has 224 valence electrons. The topological polar surface area (TPSA) is 78.0 Å². The molecule has 1 heterocycles. The average Bonchev–Trinajstić information content (AvgIpc) is 3.53. The van der Waals surface area contributed by atoms with Crippen LogP contribution in [0.1, 0.15) is 68.4 Å². The predicted molar refractivity (Wildman–Crippen MR) is 166 cm³/mol. The number of hydrogen-bond donors (Lipinski definition) is 0. The third-order valence-electron chi connectivity index (χ3n) is 9.16. The molecule has 0 atom stereocenters. The normalized spacial score (nSPS) is 22.3. The number of thiazole rings is 1. The minimum atomic E-state index is -0.158. The van der Waals surface area contributed by atoms with Crippen LogP contribution in [-0.2, 0) is 14.3 Å². The predicted octanol–water partition coefficient (Wildman–Crippen LogP) is 7.42. The van der Waals surface area contributed by atoms with Crippen LogP contribution in [0.25, 0.3) is 10.4 Å². The smallest absolute Gasteiger partial charge is 0.308 e. The molecule has 0 N–H and O–H groups in total. The number of anilines is 1. The Hall–Kier alpha value is -3.39. The maximum atomic E-state index is 14.2. The minimum absolute atomic E-state index is 0.0864. The van der Waals surface area contributed by atoms with Gasteiger partial charge in [0.05, 0.1) is 32.1 Å². The van der Waals surface area contributed by atoms with Crippen molar-refractivity contribution in [1.29, 1.82) is 0 Å². The number of esters is 1. The van der Waals surface area contributed by atoms with Crippen LogP contribution < -0.4 is 14.4 Å². The van der Waals surface area contributed by atoms with E-state index in [0.717, 1.165) is 47.6 Å². The summed E-state index contributed by atoms with van der Waals surface area (Å²) >= 11 is 1.50. The Balaban J connectivity index is 1.33. The molecule has 2 saturated carbocycles. The lowest BCUT2D eigenvalue weighted by atomic mass is 9.77. The highest BCUT2D eigenvalue weighted by atomic mass is 32.1. The Kier molecular flexibility index (Phi) is 9.83. The number of benzene rings is 2. The second-order valence-corrected chi connectivity index (χ2v) is 12.7. The first-order chi connectivity index (χ1) is 20.4. The van der Waals surface area contributed by atoms with E-state index in [0.29, 0.717) is 49.3 Å². The number of aryl methyl sites for hydroxylation is 1. The summed E-state index contributed by atoms with van der Waals surface area (Å²) in [6.45, 7) is 2.81. The molecule has 2 aromatic carbocycles. The SMILES string of the molecule is COc1ncc(-c2cccc(N(C[C@H]3CC[C@H](c4ccc(OC)c(C)c4)CC3)C(=O)[C@H]3CC[C@H](C(=O)OC)CC3)c2)s1.